The first-order valence-corrected chi connectivity index (χ1v) is 6.38. The van der Waals surface area contributed by atoms with E-state index in [2.05, 4.69) is 10.6 Å². The van der Waals surface area contributed by atoms with Crippen LogP contribution in [0.3, 0.4) is 0 Å². The molecule has 0 spiro atoms. The van der Waals surface area contributed by atoms with Gasteiger partial charge in [0.2, 0.25) is 5.91 Å². The summed E-state index contributed by atoms with van der Waals surface area (Å²) in [5, 5.41) is 6.29. The number of nitrogens with one attached hydrogen (secondary N) is 2. The number of carbonyl (C=O) groups is 1. The molecule has 2 rings (SSSR count). The minimum Gasteiger partial charge on any atom is -0.369 e. The van der Waals surface area contributed by atoms with Crippen LogP contribution >= 0.6 is 0 Å². The lowest BCUT2D eigenvalue weighted by Crippen LogP contribution is -2.36. The van der Waals surface area contributed by atoms with Gasteiger partial charge in [-0.2, -0.15) is 0 Å². The summed E-state index contributed by atoms with van der Waals surface area (Å²) >= 11 is 0. The second-order valence-corrected chi connectivity index (χ2v) is 4.94. The first-order chi connectivity index (χ1) is 7.75. The van der Waals surface area contributed by atoms with Crippen molar-refractivity contribution in [2.45, 2.75) is 44.8 Å². The van der Waals surface area contributed by atoms with Crippen molar-refractivity contribution in [1.29, 1.82) is 0 Å². The molecule has 1 saturated carbocycles. The predicted molar refractivity (Wildman–Crippen MR) is 62.2 cm³/mol. The molecule has 16 heavy (non-hydrogen) atoms. The molecule has 4 heteroatoms. The largest absolute Gasteiger partial charge is 0.369 e. The number of hydrogen-bond acceptors (Lipinski definition) is 3. The Morgan fingerprint density at radius 1 is 1.50 bits per heavy atom. The first-order valence-electron chi connectivity index (χ1n) is 6.38. The highest BCUT2D eigenvalue weighted by Gasteiger charge is 2.26. The molecule has 0 aromatic heterocycles. The van der Waals surface area contributed by atoms with Crippen LogP contribution in [0.25, 0.3) is 0 Å². The Labute approximate surface area is 97.1 Å². The molecule has 1 aliphatic heterocycles. The zero-order chi connectivity index (χ0) is 11.4. The monoisotopic (exact) mass is 226 g/mol. The molecule has 2 unspecified atom stereocenters. The lowest BCUT2D eigenvalue weighted by Gasteiger charge is -2.14. The Morgan fingerprint density at radius 2 is 2.31 bits per heavy atom. The van der Waals surface area contributed by atoms with Crippen LogP contribution in [0.4, 0.5) is 0 Å². The molecule has 0 aromatic carbocycles. The predicted octanol–water partition coefficient (Wildman–Crippen LogP) is 0.670. The van der Waals surface area contributed by atoms with Crippen molar-refractivity contribution < 1.29 is 9.53 Å². The van der Waals surface area contributed by atoms with Crippen LogP contribution in [0, 0.1) is 5.92 Å². The summed E-state index contributed by atoms with van der Waals surface area (Å²) < 4.78 is 5.55. The van der Waals surface area contributed by atoms with Gasteiger partial charge in [0.15, 0.2) is 0 Å². The first kappa shape index (κ1) is 11.9. The molecule has 0 aromatic rings. The van der Waals surface area contributed by atoms with E-state index in [4.69, 9.17) is 4.74 Å². The Hall–Kier alpha value is -0.610. The Morgan fingerprint density at radius 3 is 2.94 bits per heavy atom. The quantitative estimate of drug-likeness (QED) is 0.700. The van der Waals surface area contributed by atoms with E-state index < -0.39 is 0 Å². The Kier molecular flexibility index (Phi) is 4.18. The fourth-order valence-corrected chi connectivity index (χ4v) is 1.99. The van der Waals surface area contributed by atoms with Crippen molar-refractivity contribution >= 4 is 5.91 Å². The van der Waals surface area contributed by atoms with Gasteiger partial charge in [-0.15, -0.1) is 0 Å². The van der Waals surface area contributed by atoms with Crippen LogP contribution in [0.1, 0.15) is 32.6 Å². The second-order valence-electron chi connectivity index (χ2n) is 4.94. The van der Waals surface area contributed by atoms with Gasteiger partial charge in [-0.3, -0.25) is 4.79 Å². The van der Waals surface area contributed by atoms with Gasteiger partial charge >= 0.3 is 0 Å². The zero-order valence-electron chi connectivity index (χ0n) is 10.00. The highest BCUT2D eigenvalue weighted by atomic mass is 16.5. The van der Waals surface area contributed by atoms with Crippen molar-refractivity contribution in [3.63, 3.8) is 0 Å². The third-order valence-electron chi connectivity index (χ3n) is 3.35. The topological polar surface area (TPSA) is 50.4 Å². The molecule has 1 aliphatic carbocycles. The highest BCUT2D eigenvalue weighted by Crippen LogP contribution is 2.19. The molecule has 92 valence electrons. The fraction of sp³-hybridized carbons (Fsp3) is 0.917. The van der Waals surface area contributed by atoms with Crippen molar-refractivity contribution in [1.82, 2.24) is 10.6 Å². The molecule has 4 nitrogen and oxygen atoms in total. The van der Waals surface area contributed by atoms with Gasteiger partial charge in [0.1, 0.15) is 6.10 Å². The van der Waals surface area contributed by atoms with E-state index in [0.29, 0.717) is 12.6 Å². The standard InChI is InChI=1S/C12H22N2O2/c1-9(12(15)14-11-2-3-11)16-7-5-10-4-6-13-8-10/h9-11,13H,2-8H2,1H3,(H,14,15). The van der Waals surface area contributed by atoms with E-state index >= 15 is 0 Å². The number of hydrogen-bond donors (Lipinski definition) is 2. The summed E-state index contributed by atoms with van der Waals surface area (Å²) in [6.07, 6.45) is 4.27. The van der Waals surface area contributed by atoms with E-state index in [-0.39, 0.29) is 12.0 Å². The summed E-state index contributed by atoms with van der Waals surface area (Å²) in [6, 6.07) is 0.428. The van der Waals surface area contributed by atoms with Gasteiger partial charge in [0, 0.05) is 12.6 Å². The SMILES string of the molecule is CC(OCCC1CCNC1)C(=O)NC1CC1. The van der Waals surface area contributed by atoms with Crippen LogP contribution in [-0.2, 0) is 9.53 Å². The summed E-state index contributed by atoms with van der Waals surface area (Å²) in [4.78, 5) is 11.6. The van der Waals surface area contributed by atoms with Gasteiger partial charge in [-0.1, -0.05) is 0 Å². The number of ether oxygens (including phenoxy) is 1. The lowest BCUT2D eigenvalue weighted by molar-refractivity contribution is -0.132. The van der Waals surface area contributed by atoms with Gasteiger partial charge < -0.3 is 15.4 Å². The average Bonchev–Trinajstić information content (AvgIpc) is 2.93. The molecule has 0 bridgehead atoms. The maximum absolute atomic E-state index is 11.6. The van der Waals surface area contributed by atoms with E-state index in [1.165, 1.54) is 6.42 Å². The van der Waals surface area contributed by atoms with Crippen molar-refractivity contribution in [3.8, 4) is 0 Å². The summed E-state index contributed by atoms with van der Waals surface area (Å²) in [5.41, 5.74) is 0. The van der Waals surface area contributed by atoms with Crippen LogP contribution in [0.5, 0.6) is 0 Å². The molecule has 2 aliphatic rings. The van der Waals surface area contributed by atoms with Crippen LogP contribution in [0.2, 0.25) is 0 Å². The van der Waals surface area contributed by atoms with Gasteiger partial charge in [-0.05, 0) is 51.6 Å². The number of rotatable bonds is 6. The smallest absolute Gasteiger partial charge is 0.249 e. The van der Waals surface area contributed by atoms with Crippen molar-refractivity contribution in [2.75, 3.05) is 19.7 Å². The van der Waals surface area contributed by atoms with Gasteiger partial charge in [-0.25, -0.2) is 0 Å². The molecule has 0 radical (unpaired) electrons. The van der Waals surface area contributed by atoms with E-state index in [1.807, 2.05) is 6.92 Å². The molecule has 2 atom stereocenters. The van der Waals surface area contributed by atoms with Crippen LogP contribution < -0.4 is 10.6 Å². The van der Waals surface area contributed by atoms with Gasteiger partial charge in [0.05, 0.1) is 0 Å². The molecule has 1 heterocycles. The average molecular weight is 226 g/mol. The summed E-state index contributed by atoms with van der Waals surface area (Å²) in [6.45, 7) is 4.77. The molecule has 1 saturated heterocycles. The van der Waals surface area contributed by atoms with Crippen LogP contribution in [-0.4, -0.2) is 37.7 Å². The Bertz CT molecular complexity index is 235. The lowest BCUT2D eigenvalue weighted by atomic mass is 10.1. The van der Waals surface area contributed by atoms with Crippen molar-refractivity contribution in [3.05, 3.63) is 0 Å². The number of carbonyl (C=O) groups excluding carboxylic acids is 1. The normalized spacial score (nSPS) is 26.7. The van der Waals surface area contributed by atoms with E-state index in [0.717, 1.165) is 38.3 Å². The highest BCUT2D eigenvalue weighted by molar-refractivity contribution is 5.80. The van der Waals surface area contributed by atoms with E-state index in [9.17, 15) is 4.79 Å². The third-order valence-corrected chi connectivity index (χ3v) is 3.35. The third kappa shape index (κ3) is 3.76. The van der Waals surface area contributed by atoms with E-state index in [1.54, 1.807) is 0 Å². The minimum atomic E-state index is -0.296. The minimum absolute atomic E-state index is 0.0482. The summed E-state index contributed by atoms with van der Waals surface area (Å²) in [5.74, 6) is 0.783. The molecule has 2 fully saturated rings. The molecular weight excluding hydrogens is 204 g/mol. The number of amides is 1. The van der Waals surface area contributed by atoms with Crippen LogP contribution in [0.15, 0.2) is 0 Å². The Balaban J connectivity index is 1.55. The van der Waals surface area contributed by atoms with Gasteiger partial charge in [0.25, 0.3) is 0 Å². The van der Waals surface area contributed by atoms with Crippen molar-refractivity contribution in [2.24, 2.45) is 5.92 Å². The molecule has 2 N–H and O–H groups in total. The molecule has 1 amide bonds. The fourth-order valence-electron chi connectivity index (χ4n) is 1.99. The maximum atomic E-state index is 11.6. The molecular formula is C12H22N2O2. The second kappa shape index (κ2) is 5.64. The summed E-state index contributed by atoms with van der Waals surface area (Å²) in [7, 11) is 0. The maximum Gasteiger partial charge on any atom is 0.249 e. The zero-order valence-corrected chi connectivity index (χ0v) is 10.00.